The molecule has 0 saturated heterocycles. The molecule has 0 atom stereocenters. The largest absolute Gasteiger partial charge is 0.455 e. The van der Waals surface area contributed by atoms with Crippen LogP contribution in [0.3, 0.4) is 0 Å². The Hall–Kier alpha value is -3.64. The predicted octanol–water partition coefficient (Wildman–Crippen LogP) is 5.72. The van der Waals surface area contributed by atoms with Gasteiger partial charge in [-0.1, -0.05) is 29.8 Å². The minimum atomic E-state index is -0.415. The number of para-hydroxylation sites is 1. The first-order valence-electron chi connectivity index (χ1n) is 8.49. The van der Waals surface area contributed by atoms with Crippen molar-refractivity contribution in [1.29, 1.82) is 0 Å². The van der Waals surface area contributed by atoms with Gasteiger partial charge in [0.2, 0.25) is 0 Å². The second-order valence-corrected chi connectivity index (χ2v) is 6.24. The molecule has 0 saturated carbocycles. The Morgan fingerprint density at radius 2 is 1.61 bits per heavy atom. The van der Waals surface area contributed by atoms with Crippen LogP contribution < -0.4 is 15.4 Å². The summed E-state index contributed by atoms with van der Waals surface area (Å²) in [5.41, 5.74) is 1.84. The molecular weight excluding hydrogens is 376 g/mol. The summed E-state index contributed by atoms with van der Waals surface area (Å²) in [5.74, 6) is 1.31. The van der Waals surface area contributed by atoms with Crippen molar-refractivity contribution in [3.05, 3.63) is 84.3 Å². The van der Waals surface area contributed by atoms with Crippen LogP contribution in [0.4, 0.5) is 16.2 Å². The first kappa shape index (κ1) is 17.8. The molecule has 138 valence electrons. The van der Waals surface area contributed by atoms with Gasteiger partial charge in [0.1, 0.15) is 11.3 Å². The first-order chi connectivity index (χ1) is 13.7. The Labute approximate surface area is 166 Å². The van der Waals surface area contributed by atoms with E-state index in [0.29, 0.717) is 22.9 Å². The zero-order valence-electron chi connectivity index (χ0n) is 14.6. The van der Waals surface area contributed by atoms with Crippen molar-refractivity contribution in [3.8, 4) is 11.5 Å². The number of rotatable bonds is 4. The molecule has 6 nitrogen and oxygen atoms in total. The van der Waals surface area contributed by atoms with Crippen molar-refractivity contribution in [3.63, 3.8) is 0 Å². The highest BCUT2D eigenvalue weighted by Gasteiger charge is 2.07. The molecule has 0 aliphatic rings. The molecule has 0 spiro atoms. The number of pyridine rings is 2. The number of hydrogen-bond acceptors (Lipinski definition) is 4. The van der Waals surface area contributed by atoms with Gasteiger partial charge in [-0.15, -0.1) is 0 Å². The Kier molecular flexibility index (Phi) is 5.03. The van der Waals surface area contributed by atoms with Gasteiger partial charge in [0.25, 0.3) is 0 Å². The van der Waals surface area contributed by atoms with Gasteiger partial charge < -0.3 is 15.4 Å². The lowest BCUT2D eigenvalue weighted by molar-refractivity contribution is 0.262. The number of anilines is 2. The van der Waals surface area contributed by atoms with Gasteiger partial charge in [-0.25, -0.2) is 9.78 Å². The number of halogens is 1. The smallest absolute Gasteiger partial charge is 0.323 e. The molecule has 0 aliphatic heterocycles. The summed E-state index contributed by atoms with van der Waals surface area (Å²) in [6, 6.07) is 19.6. The Balaban J connectivity index is 1.44. The number of nitrogens with zero attached hydrogens (tertiary/aromatic N) is 2. The zero-order valence-corrected chi connectivity index (χ0v) is 15.4. The number of nitrogens with one attached hydrogen (secondary N) is 2. The Morgan fingerprint density at radius 3 is 2.43 bits per heavy atom. The predicted molar refractivity (Wildman–Crippen MR) is 110 cm³/mol. The van der Waals surface area contributed by atoms with Crippen molar-refractivity contribution in [2.75, 3.05) is 10.6 Å². The molecule has 7 heteroatoms. The summed E-state index contributed by atoms with van der Waals surface area (Å²) in [4.78, 5) is 20.4. The maximum Gasteiger partial charge on any atom is 0.323 e. The maximum absolute atomic E-state index is 12.1. The van der Waals surface area contributed by atoms with Gasteiger partial charge in [-0.3, -0.25) is 4.98 Å². The second-order valence-electron chi connectivity index (χ2n) is 5.88. The van der Waals surface area contributed by atoms with Crippen molar-refractivity contribution in [2.24, 2.45) is 0 Å². The van der Waals surface area contributed by atoms with E-state index in [1.54, 1.807) is 48.8 Å². The molecule has 0 fully saturated rings. The van der Waals surface area contributed by atoms with Crippen molar-refractivity contribution in [1.82, 2.24) is 9.97 Å². The van der Waals surface area contributed by atoms with E-state index in [-0.39, 0.29) is 5.15 Å². The minimum Gasteiger partial charge on any atom is -0.455 e. The highest BCUT2D eigenvalue weighted by Crippen LogP contribution is 2.29. The lowest BCUT2D eigenvalue weighted by atomic mass is 10.2. The SMILES string of the molecule is O=C(Nc1ccc(Oc2cccc3cccnc23)cc1)Nc1cccnc1Cl. The fourth-order valence-electron chi connectivity index (χ4n) is 2.66. The van der Waals surface area contributed by atoms with Crippen molar-refractivity contribution < 1.29 is 9.53 Å². The lowest BCUT2D eigenvalue weighted by Crippen LogP contribution is -2.19. The van der Waals surface area contributed by atoms with Crippen LogP contribution in [0.1, 0.15) is 0 Å². The van der Waals surface area contributed by atoms with Gasteiger partial charge >= 0.3 is 6.03 Å². The van der Waals surface area contributed by atoms with E-state index in [9.17, 15) is 4.79 Å². The molecule has 2 amide bonds. The molecular formula is C21H15ClN4O2. The monoisotopic (exact) mass is 390 g/mol. The number of carbonyl (C=O) groups excluding carboxylic acids is 1. The van der Waals surface area contributed by atoms with E-state index in [0.717, 1.165) is 10.9 Å². The summed E-state index contributed by atoms with van der Waals surface area (Å²) in [6.45, 7) is 0. The summed E-state index contributed by atoms with van der Waals surface area (Å²) >= 11 is 5.94. The molecule has 4 rings (SSSR count). The van der Waals surface area contributed by atoms with E-state index in [1.165, 1.54) is 0 Å². The number of urea groups is 1. The van der Waals surface area contributed by atoms with Gasteiger partial charge in [-0.05, 0) is 48.5 Å². The van der Waals surface area contributed by atoms with Crippen LogP contribution in [0, 0.1) is 0 Å². The van der Waals surface area contributed by atoms with Crippen LogP contribution in [0.2, 0.25) is 5.15 Å². The summed E-state index contributed by atoms with van der Waals surface area (Å²) in [5, 5.41) is 6.61. The normalized spacial score (nSPS) is 10.5. The maximum atomic E-state index is 12.1. The molecule has 0 unspecified atom stereocenters. The quantitative estimate of drug-likeness (QED) is 0.437. The van der Waals surface area contributed by atoms with E-state index in [1.807, 2.05) is 30.3 Å². The Bertz CT molecular complexity index is 1130. The lowest BCUT2D eigenvalue weighted by Gasteiger charge is -2.10. The molecule has 2 aromatic heterocycles. The molecule has 2 heterocycles. The van der Waals surface area contributed by atoms with Crippen LogP contribution in [-0.2, 0) is 0 Å². The Morgan fingerprint density at radius 1 is 0.857 bits per heavy atom. The third-order valence-corrected chi connectivity index (χ3v) is 4.24. The molecule has 2 aromatic carbocycles. The molecule has 28 heavy (non-hydrogen) atoms. The minimum absolute atomic E-state index is 0.227. The highest BCUT2D eigenvalue weighted by molar-refractivity contribution is 6.32. The van der Waals surface area contributed by atoms with Gasteiger partial charge in [-0.2, -0.15) is 0 Å². The summed E-state index contributed by atoms with van der Waals surface area (Å²) in [7, 11) is 0. The molecule has 4 aromatic rings. The second kappa shape index (κ2) is 7.94. The number of aromatic nitrogens is 2. The van der Waals surface area contributed by atoms with E-state index in [4.69, 9.17) is 16.3 Å². The average molecular weight is 391 g/mol. The molecule has 2 N–H and O–H groups in total. The zero-order chi connectivity index (χ0) is 19.3. The fraction of sp³-hybridized carbons (Fsp3) is 0. The van der Waals surface area contributed by atoms with E-state index in [2.05, 4.69) is 20.6 Å². The van der Waals surface area contributed by atoms with Crippen LogP contribution >= 0.6 is 11.6 Å². The van der Waals surface area contributed by atoms with Crippen LogP contribution in [0.25, 0.3) is 10.9 Å². The topological polar surface area (TPSA) is 76.1 Å². The number of fused-ring (bicyclic) bond motifs is 1. The van der Waals surface area contributed by atoms with Crippen LogP contribution in [0.5, 0.6) is 11.5 Å². The van der Waals surface area contributed by atoms with E-state index >= 15 is 0 Å². The van der Waals surface area contributed by atoms with Gasteiger partial charge in [0.05, 0.1) is 5.69 Å². The number of benzene rings is 2. The number of hydrogen-bond donors (Lipinski definition) is 2. The van der Waals surface area contributed by atoms with E-state index < -0.39 is 6.03 Å². The van der Waals surface area contributed by atoms with Crippen LogP contribution in [0.15, 0.2) is 79.1 Å². The number of carbonyl (C=O) groups is 1. The summed E-state index contributed by atoms with van der Waals surface area (Å²) in [6.07, 6.45) is 3.28. The fourth-order valence-corrected chi connectivity index (χ4v) is 2.82. The van der Waals surface area contributed by atoms with Crippen LogP contribution in [-0.4, -0.2) is 16.0 Å². The standard InChI is InChI=1S/C21H15ClN4O2/c22-20-17(6-3-13-24-20)26-21(27)25-15-8-10-16(11-9-15)28-18-7-1-4-14-5-2-12-23-19(14)18/h1-13H,(H2,25,26,27). The highest BCUT2D eigenvalue weighted by atomic mass is 35.5. The van der Waals surface area contributed by atoms with Gasteiger partial charge in [0, 0.05) is 23.5 Å². The first-order valence-corrected chi connectivity index (χ1v) is 8.87. The van der Waals surface area contributed by atoms with Crippen molar-refractivity contribution in [2.45, 2.75) is 0 Å². The number of ether oxygens (including phenoxy) is 1. The molecule has 0 aliphatic carbocycles. The van der Waals surface area contributed by atoms with Gasteiger partial charge in [0.15, 0.2) is 10.9 Å². The number of amides is 2. The molecule has 0 radical (unpaired) electrons. The van der Waals surface area contributed by atoms with Crippen molar-refractivity contribution >= 4 is 39.9 Å². The molecule has 0 bridgehead atoms. The third kappa shape index (κ3) is 4.02. The average Bonchev–Trinajstić information content (AvgIpc) is 2.71. The third-order valence-electron chi connectivity index (χ3n) is 3.94. The summed E-state index contributed by atoms with van der Waals surface area (Å²) < 4.78 is 5.95.